The van der Waals surface area contributed by atoms with Gasteiger partial charge in [0, 0.05) is 7.05 Å². The zero-order chi connectivity index (χ0) is 10.8. The van der Waals surface area contributed by atoms with Crippen molar-refractivity contribution in [3.05, 3.63) is 24.3 Å². The van der Waals surface area contributed by atoms with Crippen LogP contribution in [-0.2, 0) is 0 Å². The van der Waals surface area contributed by atoms with Gasteiger partial charge in [0.1, 0.15) is 0 Å². The molecule has 80 valence electrons. The van der Waals surface area contributed by atoms with Crippen molar-refractivity contribution < 1.29 is 5.11 Å². The fourth-order valence-corrected chi connectivity index (χ4v) is 2.35. The van der Waals surface area contributed by atoms with Crippen molar-refractivity contribution in [1.82, 2.24) is 4.98 Å². The SMILES string of the molecule is CC(CO)N(C)c1nc2ccccc2s1. The number of nitrogens with zero attached hydrogens (tertiary/aromatic N) is 2. The maximum absolute atomic E-state index is 9.08. The highest BCUT2D eigenvalue weighted by atomic mass is 32.1. The van der Waals surface area contributed by atoms with Gasteiger partial charge in [0.2, 0.25) is 0 Å². The number of anilines is 1. The molecule has 4 heteroatoms. The van der Waals surface area contributed by atoms with Crippen LogP contribution in [0.5, 0.6) is 0 Å². The zero-order valence-electron chi connectivity index (χ0n) is 8.84. The number of aliphatic hydroxyl groups is 1. The van der Waals surface area contributed by atoms with E-state index < -0.39 is 0 Å². The molecule has 0 aliphatic rings. The fourth-order valence-electron chi connectivity index (χ4n) is 1.32. The largest absolute Gasteiger partial charge is 0.394 e. The quantitative estimate of drug-likeness (QED) is 0.864. The molecule has 1 aromatic heterocycles. The summed E-state index contributed by atoms with van der Waals surface area (Å²) >= 11 is 1.65. The first-order valence-electron chi connectivity index (χ1n) is 4.91. The number of hydrogen-bond donors (Lipinski definition) is 1. The molecule has 0 amide bonds. The lowest BCUT2D eigenvalue weighted by atomic mass is 10.3. The molecule has 15 heavy (non-hydrogen) atoms. The lowest BCUT2D eigenvalue weighted by Gasteiger charge is -2.21. The molecular weight excluding hydrogens is 208 g/mol. The Kier molecular flexibility index (Phi) is 2.88. The molecule has 2 rings (SSSR count). The van der Waals surface area contributed by atoms with Gasteiger partial charge in [-0.25, -0.2) is 4.98 Å². The van der Waals surface area contributed by atoms with Crippen molar-refractivity contribution in [1.29, 1.82) is 0 Å². The molecule has 0 aliphatic carbocycles. The smallest absolute Gasteiger partial charge is 0.186 e. The van der Waals surface area contributed by atoms with Gasteiger partial charge in [-0.1, -0.05) is 23.5 Å². The van der Waals surface area contributed by atoms with E-state index in [1.54, 1.807) is 11.3 Å². The van der Waals surface area contributed by atoms with Gasteiger partial charge in [0.25, 0.3) is 0 Å². The molecule has 1 heterocycles. The van der Waals surface area contributed by atoms with E-state index in [1.165, 1.54) is 4.70 Å². The zero-order valence-corrected chi connectivity index (χ0v) is 9.66. The third-order valence-electron chi connectivity index (χ3n) is 2.51. The first-order valence-corrected chi connectivity index (χ1v) is 5.73. The monoisotopic (exact) mass is 222 g/mol. The summed E-state index contributed by atoms with van der Waals surface area (Å²) < 4.78 is 1.18. The van der Waals surface area contributed by atoms with Crippen LogP contribution in [0.1, 0.15) is 6.92 Å². The molecule has 3 nitrogen and oxygen atoms in total. The molecule has 0 bridgehead atoms. The molecule has 0 radical (unpaired) electrons. The summed E-state index contributed by atoms with van der Waals surface area (Å²) in [6.45, 7) is 2.12. The summed E-state index contributed by atoms with van der Waals surface area (Å²) in [4.78, 5) is 6.52. The number of para-hydroxylation sites is 1. The summed E-state index contributed by atoms with van der Waals surface area (Å²) in [5, 5.41) is 10.0. The van der Waals surface area contributed by atoms with Gasteiger partial charge in [-0.3, -0.25) is 0 Å². The number of hydrogen-bond acceptors (Lipinski definition) is 4. The minimum Gasteiger partial charge on any atom is -0.394 e. The third-order valence-corrected chi connectivity index (χ3v) is 3.64. The van der Waals surface area contributed by atoms with Gasteiger partial charge in [0.15, 0.2) is 5.13 Å². The molecule has 1 N–H and O–H groups in total. The molecule has 0 saturated carbocycles. The van der Waals surface area contributed by atoms with Crippen LogP contribution in [0.4, 0.5) is 5.13 Å². The Labute approximate surface area is 93.0 Å². The van der Waals surface area contributed by atoms with Gasteiger partial charge >= 0.3 is 0 Å². The van der Waals surface area contributed by atoms with E-state index in [4.69, 9.17) is 5.11 Å². The normalized spacial score (nSPS) is 13.0. The highest BCUT2D eigenvalue weighted by molar-refractivity contribution is 7.22. The molecular formula is C11H14N2OS. The predicted molar refractivity (Wildman–Crippen MR) is 64.6 cm³/mol. The number of likely N-dealkylation sites (N-methyl/N-ethyl adjacent to an activating group) is 1. The van der Waals surface area contributed by atoms with Gasteiger partial charge in [-0.15, -0.1) is 0 Å². The van der Waals surface area contributed by atoms with Gasteiger partial charge in [0.05, 0.1) is 22.9 Å². The Balaban J connectivity index is 2.36. The van der Waals surface area contributed by atoms with E-state index in [9.17, 15) is 0 Å². The summed E-state index contributed by atoms with van der Waals surface area (Å²) in [6, 6.07) is 8.17. The molecule has 0 saturated heterocycles. The first-order chi connectivity index (χ1) is 7.22. The third kappa shape index (κ3) is 1.96. The number of fused-ring (bicyclic) bond motifs is 1. The maximum Gasteiger partial charge on any atom is 0.186 e. The van der Waals surface area contributed by atoms with Crippen LogP contribution >= 0.6 is 11.3 Å². The van der Waals surface area contributed by atoms with Crippen molar-refractivity contribution in [2.24, 2.45) is 0 Å². The van der Waals surface area contributed by atoms with Crippen molar-refractivity contribution >= 4 is 26.7 Å². The summed E-state index contributed by atoms with van der Waals surface area (Å²) in [5.74, 6) is 0. The Morgan fingerprint density at radius 3 is 2.87 bits per heavy atom. The van der Waals surface area contributed by atoms with Crippen molar-refractivity contribution in [2.75, 3.05) is 18.6 Å². The topological polar surface area (TPSA) is 36.4 Å². The Bertz CT molecular complexity index is 422. The molecule has 1 atom stereocenters. The first kappa shape index (κ1) is 10.4. The van der Waals surface area contributed by atoms with Gasteiger partial charge in [-0.05, 0) is 19.1 Å². The number of aliphatic hydroxyl groups excluding tert-OH is 1. The van der Waals surface area contributed by atoms with E-state index in [2.05, 4.69) is 11.1 Å². The Hall–Kier alpha value is -1.13. The lowest BCUT2D eigenvalue weighted by molar-refractivity contribution is 0.270. The lowest BCUT2D eigenvalue weighted by Crippen LogP contribution is -2.31. The van der Waals surface area contributed by atoms with Crippen molar-refractivity contribution in [2.45, 2.75) is 13.0 Å². The van der Waals surface area contributed by atoms with E-state index in [-0.39, 0.29) is 12.6 Å². The molecule has 2 aromatic rings. The second-order valence-corrected chi connectivity index (χ2v) is 4.62. The number of aromatic nitrogens is 1. The van der Waals surface area contributed by atoms with E-state index in [1.807, 2.05) is 37.1 Å². The number of thiazole rings is 1. The highest BCUT2D eigenvalue weighted by Gasteiger charge is 2.12. The summed E-state index contributed by atoms with van der Waals surface area (Å²) in [6.07, 6.45) is 0. The minimum absolute atomic E-state index is 0.102. The second-order valence-electron chi connectivity index (χ2n) is 3.61. The van der Waals surface area contributed by atoms with Gasteiger partial charge in [-0.2, -0.15) is 0 Å². The van der Waals surface area contributed by atoms with E-state index in [0.717, 1.165) is 10.6 Å². The average molecular weight is 222 g/mol. The van der Waals surface area contributed by atoms with E-state index in [0.29, 0.717) is 0 Å². The van der Waals surface area contributed by atoms with Crippen LogP contribution < -0.4 is 4.90 Å². The highest BCUT2D eigenvalue weighted by Crippen LogP contribution is 2.28. The van der Waals surface area contributed by atoms with Crippen LogP contribution in [0.15, 0.2) is 24.3 Å². The van der Waals surface area contributed by atoms with Crippen LogP contribution in [0.3, 0.4) is 0 Å². The van der Waals surface area contributed by atoms with E-state index >= 15 is 0 Å². The van der Waals surface area contributed by atoms with Crippen LogP contribution in [-0.4, -0.2) is 29.8 Å². The Morgan fingerprint density at radius 2 is 2.20 bits per heavy atom. The minimum atomic E-state index is 0.102. The molecule has 0 aliphatic heterocycles. The van der Waals surface area contributed by atoms with Crippen LogP contribution in [0.25, 0.3) is 10.2 Å². The van der Waals surface area contributed by atoms with Crippen molar-refractivity contribution in [3.63, 3.8) is 0 Å². The van der Waals surface area contributed by atoms with Crippen molar-refractivity contribution in [3.8, 4) is 0 Å². The van der Waals surface area contributed by atoms with Crippen LogP contribution in [0, 0.1) is 0 Å². The van der Waals surface area contributed by atoms with Gasteiger partial charge < -0.3 is 10.0 Å². The molecule has 0 spiro atoms. The molecule has 1 unspecified atom stereocenters. The Morgan fingerprint density at radius 1 is 1.47 bits per heavy atom. The average Bonchev–Trinajstić information content (AvgIpc) is 2.70. The summed E-state index contributed by atoms with van der Waals surface area (Å²) in [7, 11) is 1.96. The second kappa shape index (κ2) is 4.16. The van der Waals surface area contributed by atoms with Crippen LogP contribution in [0.2, 0.25) is 0 Å². The molecule has 0 fully saturated rings. The molecule has 1 aromatic carbocycles. The predicted octanol–water partition coefficient (Wildman–Crippen LogP) is 2.11. The fraction of sp³-hybridized carbons (Fsp3) is 0.364. The standard InChI is InChI=1S/C11H14N2OS/c1-8(7-14)13(2)11-12-9-5-3-4-6-10(9)15-11/h3-6,8,14H,7H2,1-2H3. The summed E-state index contributed by atoms with van der Waals surface area (Å²) in [5.41, 5.74) is 1.02. The maximum atomic E-state index is 9.08. The number of benzene rings is 1. The number of rotatable bonds is 3.